The molecule has 0 unspecified atom stereocenters. The number of anilines is 1. The van der Waals surface area contributed by atoms with Crippen LogP contribution in [-0.4, -0.2) is 21.5 Å². The normalized spacial score (nSPS) is 10.9. The molecular formula is C17H17ClN4O3. The number of rotatable bonds is 2. The number of amides is 1. The Morgan fingerprint density at radius 2 is 1.92 bits per heavy atom. The standard InChI is InChI=1S/C17H17ClN4O3/c1-10-13(9-19)15(23)22(12-7-5-11(18)6-8-12)21-14(10)20-16(24)25-17(2,3)4/h5-8H,1-4H3,(H,20,21,24). The van der Waals surface area contributed by atoms with Gasteiger partial charge >= 0.3 is 6.09 Å². The molecule has 25 heavy (non-hydrogen) atoms. The summed E-state index contributed by atoms with van der Waals surface area (Å²) in [5.74, 6) is 0.0698. The molecule has 8 heteroatoms. The van der Waals surface area contributed by atoms with E-state index in [1.54, 1.807) is 45.0 Å². The van der Waals surface area contributed by atoms with Gasteiger partial charge in [0.15, 0.2) is 5.82 Å². The number of nitrogens with one attached hydrogen (secondary N) is 1. The third kappa shape index (κ3) is 4.37. The third-order valence-corrected chi connectivity index (χ3v) is 3.39. The number of hydrogen-bond donors (Lipinski definition) is 1. The van der Waals surface area contributed by atoms with Crippen LogP contribution in [0.4, 0.5) is 10.6 Å². The predicted octanol–water partition coefficient (Wildman–Crippen LogP) is 3.41. The van der Waals surface area contributed by atoms with E-state index in [0.717, 1.165) is 4.68 Å². The molecule has 0 saturated heterocycles. The van der Waals surface area contributed by atoms with Crippen LogP contribution in [0.15, 0.2) is 29.1 Å². The van der Waals surface area contributed by atoms with Gasteiger partial charge in [-0.25, -0.2) is 4.79 Å². The molecule has 0 spiro atoms. The monoisotopic (exact) mass is 360 g/mol. The van der Waals surface area contributed by atoms with Crippen LogP contribution in [0.25, 0.3) is 5.69 Å². The number of ether oxygens (including phenoxy) is 1. The molecule has 0 aliphatic carbocycles. The van der Waals surface area contributed by atoms with Crippen molar-refractivity contribution in [1.29, 1.82) is 5.26 Å². The fourth-order valence-electron chi connectivity index (χ4n) is 2.01. The van der Waals surface area contributed by atoms with E-state index in [9.17, 15) is 14.9 Å². The summed E-state index contributed by atoms with van der Waals surface area (Å²) in [6.07, 6.45) is -0.728. The molecular weight excluding hydrogens is 344 g/mol. The topological polar surface area (TPSA) is 97.0 Å². The van der Waals surface area contributed by atoms with Gasteiger partial charge in [-0.1, -0.05) is 11.6 Å². The zero-order valence-corrected chi connectivity index (χ0v) is 15.0. The second-order valence-electron chi connectivity index (χ2n) is 6.28. The zero-order valence-electron chi connectivity index (χ0n) is 14.3. The van der Waals surface area contributed by atoms with Crippen molar-refractivity contribution in [3.63, 3.8) is 0 Å². The number of benzene rings is 1. The number of aromatic nitrogens is 2. The molecule has 2 rings (SSSR count). The lowest BCUT2D eigenvalue weighted by Gasteiger charge is -2.20. The minimum atomic E-state index is -0.728. The Balaban J connectivity index is 2.53. The Kier molecular flexibility index (Phi) is 5.14. The Bertz CT molecular complexity index is 906. The summed E-state index contributed by atoms with van der Waals surface area (Å²) in [4.78, 5) is 24.5. The van der Waals surface area contributed by atoms with Crippen LogP contribution < -0.4 is 10.9 Å². The van der Waals surface area contributed by atoms with Crippen LogP contribution in [0, 0.1) is 18.3 Å². The molecule has 0 fully saturated rings. The van der Waals surface area contributed by atoms with E-state index in [1.165, 1.54) is 6.92 Å². The summed E-state index contributed by atoms with van der Waals surface area (Å²) in [5.41, 5.74) is -0.712. The summed E-state index contributed by atoms with van der Waals surface area (Å²) in [5, 5.41) is 16.4. The summed E-state index contributed by atoms with van der Waals surface area (Å²) in [7, 11) is 0. The first-order valence-corrected chi connectivity index (χ1v) is 7.80. The number of nitrogens with zero attached hydrogens (tertiary/aromatic N) is 3. The molecule has 1 heterocycles. The van der Waals surface area contributed by atoms with Crippen molar-refractivity contribution in [3.05, 3.63) is 50.8 Å². The fraction of sp³-hybridized carbons (Fsp3) is 0.294. The second kappa shape index (κ2) is 6.95. The highest BCUT2D eigenvalue weighted by atomic mass is 35.5. The van der Waals surface area contributed by atoms with E-state index in [0.29, 0.717) is 10.7 Å². The SMILES string of the molecule is Cc1c(NC(=O)OC(C)(C)C)nn(-c2ccc(Cl)cc2)c(=O)c1C#N. The van der Waals surface area contributed by atoms with Crippen LogP contribution in [0.5, 0.6) is 0 Å². The van der Waals surface area contributed by atoms with E-state index in [2.05, 4.69) is 10.4 Å². The first-order chi connectivity index (χ1) is 11.6. The average molecular weight is 361 g/mol. The van der Waals surface area contributed by atoms with E-state index >= 15 is 0 Å². The third-order valence-electron chi connectivity index (χ3n) is 3.14. The van der Waals surface area contributed by atoms with E-state index in [1.807, 2.05) is 6.07 Å². The van der Waals surface area contributed by atoms with Gasteiger partial charge in [-0.05, 0) is 52.0 Å². The van der Waals surface area contributed by atoms with E-state index < -0.39 is 17.3 Å². The first kappa shape index (κ1) is 18.5. The quantitative estimate of drug-likeness (QED) is 0.885. The Hall–Kier alpha value is -2.85. The highest BCUT2D eigenvalue weighted by molar-refractivity contribution is 6.30. The van der Waals surface area contributed by atoms with Gasteiger partial charge in [0.2, 0.25) is 0 Å². The lowest BCUT2D eigenvalue weighted by Crippen LogP contribution is -2.31. The van der Waals surface area contributed by atoms with Crippen molar-refractivity contribution in [2.75, 3.05) is 5.32 Å². The molecule has 0 aliphatic heterocycles. The van der Waals surface area contributed by atoms with Gasteiger partial charge in [0.1, 0.15) is 17.2 Å². The van der Waals surface area contributed by atoms with Crippen molar-refractivity contribution in [3.8, 4) is 11.8 Å². The van der Waals surface area contributed by atoms with Gasteiger partial charge in [0.25, 0.3) is 5.56 Å². The maximum atomic E-state index is 12.5. The smallest absolute Gasteiger partial charge is 0.413 e. The molecule has 0 bridgehead atoms. The van der Waals surface area contributed by atoms with Crippen LogP contribution in [-0.2, 0) is 4.74 Å². The summed E-state index contributed by atoms with van der Waals surface area (Å²) < 4.78 is 6.22. The van der Waals surface area contributed by atoms with E-state index in [-0.39, 0.29) is 16.9 Å². The highest BCUT2D eigenvalue weighted by Crippen LogP contribution is 2.17. The molecule has 1 aromatic carbocycles. The minimum Gasteiger partial charge on any atom is -0.444 e. The average Bonchev–Trinajstić information content (AvgIpc) is 2.50. The van der Waals surface area contributed by atoms with Crippen LogP contribution in [0.1, 0.15) is 31.9 Å². The van der Waals surface area contributed by atoms with Crippen LogP contribution >= 0.6 is 11.6 Å². The number of halogens is 1. The van der Waals surface area contributed by atoms with Gasteiger partial charge in [-0.15, -0.1) is 5.10 Å². The summed E-state index contributed by atoms with van der Waals surface area (Å²) >= 11 is 5.85. The Morgan fingerprint density at radius 1 is 1.32 bits per heavy atom. The molecule has 2 aromatic rings. The molecule has 0 atom stereocenters. The fourth-order valence-corrected chi connectivity index (χ4v) is 2.14. The Labute approximate surface area is 149 Å². The molecule has 0 radical (unpaired) electrons. The summed E-state index contributed by atoms with van der Waals surface area (Å²) in [6.45, 7) is 6.71. The summed E-state index contributed by atoms with van der Waals surface area (Å²) in [6, 6.07) is 8.22. The van der Waals surface area contributed by atoms with Gasteiger partial charge in [0.05, 0.1) is 5.69 Å². The number of hydrogen-bond acceptors (Lipinski definition) is 5. The second-order valence-corrected chi connectivity index (χ2v) is 6.72. The van der Waals surface area contributed by atoms with Gasteiger partial charge < -0.3 is 4.74 Å². The lowest BCUT2D eigenvalue weighted by molar-refractivity contribution is 0.0635. The predicted molar refractivity (Wildman–Crippen MR) is 94.2 cm³/mol. The highest BCUT2D eigenvalue weighted by Gasteiger charge is 2.20. The van der Waals surface area contributed by atoms with Crippen LogP contribution in [0.3, 0.4) is 0 Å². The molecule has 0 saturated carbocycles. The van der Waals surface area contributed by atoms with Crippen molar-refractivity contribution < 1.29 is 9.53 Å². The van der Waals surface area contributed by atoms with Crippen molar-refractivity contribution in [2.45, 2.75) is 33.3 Å². The largest absolute Gasteiger partial charge is 0.444 e. The van der Waals surface area contributed by atoms with Gasteiger partial charge in [-0.2, -0.15) is 9.94 Å². The maximum Gasteiger partial charge on any atom is 0.413 e. The minimum absolute atomic E-state index is 0.0698. The molecule has 130 valence electrons. The van der Waals surface area contributed by atoms with E-state index in [4.69, 9.17) is 16.3 Å². The molecule has 1 N–H and O–H groups in total. The zero-order chi connectivity index (χ0) is 18.8. The maximum absolute atomic E-state index is 12.5. The molecule has 1 aromatic heterocycles. The molecule has 1 amide bonds. The van der Waals surface area contributed by atoms with Gasteiger partial charge in [-0.3, -0.25) is 10.1 Å². The number of nitriles is 1. The number of carbonyl (C=O) groups is 1. The molecule has 0 aliphatic rings. The first-order valence-electron chi connectivity index (χ1n) is 7.42. The number of carbonyl (C=O) groups excluding carboxylic acids is 1. The van der Waals surface area contributed by atoms with Gasteiger partial charge in [0, 0.05) is 10.6 Å². The van der Waals surface area contributed by atoms with Crippen LogP contribution in [0.2, 0.25) is 5.02 Å². The lowest BCUT2D eigenvalue weighted by atomic mass is 10.2. The van der Waals surface area contributed by atoms with Crippen molar-refractivity contribution in [1.82, 2.24) is 9.78 Å². The molecule has 7 nitrogen and oxygen atoms in total. The Morgan fingerprint density at radius 3 is 2.44 bits per heavy atom. The van der Waals surface area contributed by atoms with Crippen molar-refractivity contribution in [2.24, 2.45) is 0 Å². The van der Waals surface area contributed by atoms with Crippen molar-refractivity contribution >= 4 is 23.5 Å².